The molecule has 1 atom stereocenters. The minimum atomic E-state index is -0.471. The molecule has 0 radical (unpaired) electrons. The Morgan fingerprint density at radius 3 is 2.50 bits per heavy atom. The van der Waals surface area contributed by atoms with Gasteiger partial charge in [-0.05, 0) is 36.2 Å². The highest BCUT2D eigenvalue weighted by Gasteiger charge is 2.32. The molecule has 1 aliphatic rings. The fourth-order valence-electron chi connectivity index (χ4n) is 3.63. The molecule has 0 aliphatic carbocycles. The number of nitro groups is 1. The molecule has 0 unspecified atom stereocenters. The van der Waals surface area contributed by atoms with E-state index in [1.807, 2.05) is 47.4 Å². The van der Waals surface area contributed by atoms with Crippen LogP contribution in [-0.2, 0) is 11.3 Å². The van der Waals surface area contributed by atoms with Gasteiger partial charge in [-0.2, -0.15) is 0 Å². The third-order valence-electron chi connectivity index (χ3n) is 5.37. The zero-order chi connectivity index (χ0) is 22.7. The maximum Gasteiger partial charge on any atom is 0.274 e. The van der Waals surface area contributed by atoms with Gasteiger partial charge in [0.2, 0.25) is 5.91 Å². The summed E-state index contributed by atoms with van der Waals surface area (Å²) in [4.78, 5) is 37.6. The Kier molecular flexibility index (Phi) is 6.23. The minimum absolute atomic E-state index is 0.0421. The molecule has 32 heavy (non-hydrogen) atoms. The summed E-state index contributed by atoms with van der Waals surface area (Å²) in [7, 11) is 0. The lowest BCUT2D eigenvalue weighted by Gasteiger charge is -2.24. The molecule has 0 bridgehead atoms. The first-order valence-electron chi connectivity index (χ1n) is 10.0. The zero-order valence-corrected chi connectivity index (χ0v) is 18.2. The number of carbonyl (C=O) groups excluding carboxylic acids is 2. The van der Waals surface area contributed by atoms with Crippen molar-refractivity contribution in [3.8, 4) is 0 Å². The third-order valence-corrected chi connectivity index (χ3v) is 6.63. The fourth-order valence-corrected chi connectivity index (χ4v) is 4.82. The molecule has 1 heterocycles. The predicted octanol–water partition coefficient (Wildman–Crippen LogP) is 4.93. The van der Waals surface area contributed by atoms with Gasteiger partial charge in [0.1, 0.15) is 5.37 Å². The van der Waals surface area contributed by atoms with Crippen molar-refractivity contribution in [2.75, 3.05) is 11.1 Å². The maximum absolute atomic E-state index is 12.7. The first kappa shape index (κ1) is 21.6. The Morgan fingerprint density at radius 1 is 1.09 bits per heavy atom. The van der Waals surface area contributed by atoms with Gasteiger partial charge in [0, 0.05) is 18.2 Å². The van der Waals surface area contributed by atoms with Crippen molar-refractivity contribution >= 4 is 35.0 Å². The number of rotatable bonds is 6. The molecule has 1 N–H and O–H groups in total. The molecule has 0 spiro atoms. The summed E-state index contributed by atoms with van der Waals surface area (Å²) >= 11 is 1.57. The van der Waals surface area contributed by atoms with E-state index in [0.29, 0.717) is 29.1 Å². The molecule has 1 aliphatic heterocycles. The average molecular weight is 448 g/mol. The largest absolute Gasteiger partial charge is 0.322 e. The molecule has 4 rings (SSSR count). The molecule has 2 amide bonds. The lowest BCUT2D eigenvalue weighted by molar-refractivity contribution is -0.385. The van der Waals surface area contributed by atoms with Crippen LogP contribution in [0.5, 0.6) is 0 Å². The van der Waals surface area contributed by atoms with Gasteiger partial charge in [-0.3, -0.25) is 19.7 Å². The topological polar surface area (TPSA) is 92.6 Å². The second kappa shape index (κ2) is 9.23. The summed E-state index contributed by atoms with van der Waals surface area (Å²) in [6, 6.07) is 21.5. The number of nitrogens with one attached hydrogen (secondary N) is 1. The molecule has 0 saturated carbocycles. The summed E-state index contributed by atoms with van der Waals surface area (Å²) < 4.78 is 0. The fraction of sp³-hybridized carbons (Fsp3) is 0.167. The number of carbonyl (C=O) groups is 2. The lowest BCUT2D eigenvalue weighted by Crippen LogP contribution is -2.27. The Morgan fingerprint density at radius 2 is 1.81 bits per heavy atom. The van der Waals surface area contributed by atoms with E-state index in [1.165, 1.54) is 6.07 Å². The van der Waals surface area contributed by atoms with Crippen molar-refractivity contribution in [1.82, 2.24) is 4.90 Å². The van der Waals surface area contributed by atoms with E-state index < -0.39 is 4.92 Å². The number of anilines is 1. The molecule has 162 valence electrons. The van der Waals surface area contributed by atoms with Gasteiger partial charge in [0.25, 0.3) is 11.6 Å². The summed E-state index contributed by atoms with van der Waals surface area (Å²) in [6.45, 7) is 2.14. The van der Waals surface area contributed by atoms with Crippen molar-refractivity contribution in [3.05, 3.63) is 105 Å². The highest BCUT2D eigenvalue weighted by Crippen LogP contribution is 2.39. The molecule has 1 fully saturated rings. The van der Waals surface area contributed by atoms with Crippen molar-refractivity contribution in [2.24, 2.45) is 0 Å². The van der Waals surface area contributed by atoms with Crippen LogP contribution in [-0.4, -0.2) is 27.4 Å². The summed E-state index contributed by atoms with van der Waals surface area (Å²) in [5, 5.41) is 13.8. The molecule has 0 aromatic heterocycles. The third kappa shape index (κ3) is 4.50. The molecule has 7 nitrogen and oxygen atoms in total. The van der Waals surface area contributed by atoms with Crippen LogP contribution in [0, 0.1) is 17.0 Å². The number of hydrogen-bond donors (Lipinski definition) is 1. The first-order valence-corrected chi connectivity index (χ1v) is 11.1. The monoisotopic (exact) mass is 447 g/mol. The SMILES string of the molecule is Cc1c(NC(=O)c2ccc([C@@H]3SCC(=O)N3Cc3ccccc3)cc2)cccc1[N+](=O)[O-]. The van der Waals surface area contributed by atoms with E-state index >= 15 is 0 Å². The summed E-state index contributed by atoms with van der Waals surface area (Å²) in [5.41, 5.74) is 3.21. The zero-order valence-electron chi connectivity index (χ0n) is 17.4. The van der Waals surface area contributed by atoms with Gasteiger partial charge in [-0.1, -0.05) is 48.5 Å². The average Bonchev–Trinajstić information content (AvgIpc) is 3.16. The second-order valence-corrected chi connectivity index (χ2v) is 8.52. The molecule has 1 saturated heterocycles. The number of benzene rings is 3. The summed E-state index contributed by atoms with van der Waals surface area (Å²) in [6.07, 6.45) is 0. The number of nitrogens with zero attached hydrogens (tertiary/aromatic N) is 2. The van der Waals surface area contributed by atoms with Gasteiger partial charge in [-0.25, -0.2) is 0 Å². The quantitative estimate of drug-likeness (QED) is 0.427. The number of thioether (sulfide) groups is 1. The standard InChI is InChI=1S/C24H21N3O4S/c1-16-20(8-5-9-21(16)27(30)31)25-23(29)18-10-12-19(13-11-18)24-26(22(28)15-32-24)14-17-6-3-2-4-7-17/h2-13,24H,14-15H2,1H3,(H,25,29)/t24-/m0/s1. The highest BCUT2D eigenvalue weighted by molar-refractivity contribution is 8.00. The normalized spacial score (nSPS) is 15.6. The predicted molar refractivity (Wildman–Crippen MR) is 124 cm³/mol. The van der Waals surface area contributed by atoms with Crippen LogP contribution in [0.15, 0.2) is 72.8 Å². The minimum Gasteiger partial charge on any atom is -0.322 e. The second-order valence-electron chi connectivity index (χ2n) is 7.45. The van der Waals surface area contributed by atoms with Crippen LogP contribution in [0.1, 0.15) is 32.4 Å². The van der Waals surface area contributed by atoms with E-state index in [-0.39, 0.29) is 22.9 Å². The Labute approximate surface area is 189 Å². The molecule has 3 aromatic rings. The van der Waals surface area contributed by atoms with Crippen LogP contribution in [0.3, 0.4) is 0 Å². The van der Waals surface area contributed by atoms with E-state index in [4.69, 9.17) is 0 Å². The smallest absolute Gasteiger partial charge is 0.274 e. The molecular weight excluding hydrogens is 426 g/mol. The molecular formula is C24H21N3O4S. The number of nitro benzene ring substituents is 1. The first-order chi connectivity index (χ1) is 15.4. The van der Waals surface area contributed by atoms with E-state index in [1.54, 1.807) is 43.0 Å². The van der Waals surface area contributed by atoms with E-state index in [2.05, 4.69) is 5.32 Å². The van der Waals surface area contributed by atoms with Crippen LogP contribution in [0.4, 0.5) is 11.4 Å². The van der Waals surface area contributed by atoms with Gasteiger partial charge >= 0.3 is 0 Å². The number of amides is 2. The highest BCUT2D eigenvalue weighted by atomic mass is 32.2. The van der Waals surface area contributed by atoms with Crippen LogP contribution in [0.25, 0.3) is 0 Å². The van der Waals surface area contributed by atoms with E-state index in [0.717, 1.165) is 11.1 Å². The van der Waals surface area contributed by atoms with Crippen LogP contribution in [0.2, 0.25) is 0 Å². The van der Waals surface area contributed by atoms with Crippen molar-refractivity contribution in [1.29, 1.82) is 0 Å². The Balaban J connectivity index is 1.49. The number of hydrogen-bond acceptors (Lipinski definition) is 5. The van der Waals surface area contributed by atoms with Gasteiger partial charge in [0.15, 0.2) is 0 Å². The van der Waals surface area contributed by atoms with Gasteiger partial charge in [0.05, 0.1) is 21.9 Å². The van der Waals surface area contributed by atoms with Gasteiger partial charge < -0.3 is 10.2 Å². The molecule has 8 heteroatoms. The van der Waals surface area contributed by atoms with Crippen molar-refractivity contribution < 1.29 is 14.5 Å². The molecule has 3 aromatic carbocycles. The summed E-state index contributed by atoms with van der Waals surface area (Å²) in [5.74, 6) is 0.162. The lowest BCUT2D eigenvalue weighted by atomic mass is 10.1. The van der Waals surface area contributed by atoms with E-state index in [9.17, 15) is 19.7 Å². The Bertz CT molecular complexity index is 1170. The van der Waals surface area contributed by atoms with Crippen LogP contribution < -0.4 is 5.32 Å². The Hall–Kier alpha value is -3.65. The maximum atomic E-state index is 12.7. The van der Waals surface area contributed by atoms with Crippen molar-refractivity contribution in [2.45, 2.75) is 18.8 Å². The van der Waals surface area contributed by atoms with Crippen molar-refractivity contribution in [3.63, 3.8) is 0 Å². The van der Waals surface area contributed by atoms with Gasteiger partial charge in [-0.15, -0.1) is 11.8 Å². The van der Waals surface area contributed by atoms with Crippen LogP contribution >= 0.6 is 11.8 Å².